The molecule has 1 aromatic heterocycles. The normalized spacial score (nSPS) is 20.7. The summed E-state index contributed by atoms with van der Waals surface area (Å²) < 4.78 is 0. The molecule has 0 saturated heterocycles. The number of nitrogens with one attached hydrogen (secondary N) is 1. The second-order valence-electron chi connectivity index (χ2n) is 7.10. The lowest BCUT2D eigenvalue weighted by molar-refractivity contribution is 0.198. The maximum absolute atomic E-state index is 3.63. The van der Waals surface area contributed by atoms with Gasteiger partial charge in [-0.3, -0.25) is 0 Å². The third-order valence-electron chi connectivity index (χ3n) is 4.86. The first-order valence-corrected chi connectivity index (χ1v) is 8.52. The summed E-state index contributed by atoms with van der Waals surface area (Å²) in [4.78, 5) is 3.04. The van der Waals surface area contributed by atoms with Crippen molar-refractivity contribution in [2.45, 2.75) is 71.3 Å². The molecule has 1 nitrogen and oxygen atoms in total. The highest BCUT2D eigenvalue weighted by Crippen LogP contribution is 2.51. The van der Waals surface area contributed by atoms with Gasteiger partial charge in [0.2, 0.25) is 0 Å². The molecule has 0 aromatic carbocycles. The number of thiophene rings is 1. The lowest BCUT2D eigenvalue weighted by atomic mass is 9.75. The number of hydrogen-bond donors (Lipinski definition) is 1. The van der Waals surface area contributed by atoms with Crippen molar-refractivity contribution in [3.63, 3.8) is 0 Å². The van der Waals surface area contributed by atoms with Gasteiger partial charge in [-0.25, -0.2) is 0 Å². The van der Waals surface area contributed by atoms with Gasteiger partial charge in [-0.05, 0) is 49.3 Å². The van der Waals surface area contributed by atoms with E-state index in [-0.39, 0.29) is 5.41 Å². The Labute approximate surface area is 122 Å². The van der Waals surface area contributed by atoms with Crippen LogP contribution >= 0.6 is 11.3 Å². The van der Waals surface area contributed by atoms with Crippen LogP contribution in [0.4, 0.5) is 0 Å². The summed E-state index contributed by atoms with van der Waals surface area (Å²) in [5.74, 6) is 0. The van der Waals surface area contributed by atoms with Gasteiger partial charge in [-0.15, -0.1) is 11.3 Å². The first-order valence-electron chi connectivity index (χ1n) is 7.70. The predicted molar refractivity (Wildman–Crippen MR) is 86.0 cm³/mol. The molecule has 1 saturated carbocycles. The molecule has 0 amide bonds. The number of hydrogen-bond acceptors (Lipinski definition) is 2. The standard InChI is InChI=1S/C17H29NS/c1-6-17(11-7-8-12-17)15(18-5)13-9-10-14(19-13)16(2,3)4/h9-10,15,18H,6-8,11-12H2,1-5H3. The van der Waals surface area contributed by atoms with Crippen LogP contribution in [0, 0.1) is 5.41 Å². The Hall–Kier alpha value is -0.340. The predicted octanol–water partition coefficient (Wildman–Crippen LogP) is 5.28. The highest BCUT2D eigenvalue weighted by Gasteiger charge is 2.40. The van der Waals surface area contributed by atoms with Crippen molar-refractivity contribution in [1.29, 1.82) is 0 Å². The highest BCUT2D eigenvalue weighted by molar-refractivity contribution is 7.12. The molecule has 1 fully saturated rings. The van der Waals surface area contributed by atoms with Crippen molar-refractivity contribution < 1.29 is 0 Å². The van der Waals surface area contributed by atoms with Gasteiger partial charge < -0.3 is 5.32 Å². The summed E-state index contributed by atoms with van der Waals surface area (Å²) in [6.07, 6.45) is 6.88. The summed E-state index contributed by atoms with van der Waals surface area (Å²) in [6.45, 7) is 9.29. The van der Waals surface area contributed by atoms with Crippen LogP contribution in [-0.4, -0.2) is 7.05 Å². The van der Waals surface area contributed by atoms with Crippen molar-refractivity contribution in [2.75, 3.05) is 7.05 Å². The molecule has 0 bridgehead atoms. The number of rotatable bonds is 4. The van der Waals surface area contributed by atoms with Crippen LogP contribution in [0.25, 0.3) is 0 Å². The maximum Gasteiger partial charge on any atom is 0.0469 e. The molecule has 2 rings (SSSR count). The van der Waals surface area contributed by atoms with Crippen LogP contribution in [0.3, 0.4) is 0 Å². The van der Waals surface area contributed by atoms with Gasteiger partial charge in [0.1, 0.15) is 0 Å². The van der Waals surface area contributed by atoms with E-state index in [1.807, 2.05) is 11.3 Å². The SMILES string of the molecule is CCC1(C(NC)c2ccc(C(C)(C)C)s2)CCCC1. The van der Waals surface area contributed by atoms with Gasteiger partial charge in [0.25, 0.3) is 0 Å². The van der Waals surface area contributed by atoms with Gasteiger partial charge in [-0.1, -0.05) is 40.5 Å². The van der Waals surface area contributed by atoms with Gasteiger partial charge in [-0.2, -0.15) is 0 Å². The Bertz CT molecular complexity index is 407. The largest absolute Gasteiger partial charge is 0.312 e. The zero-order valence-corrected chi connectivity index (χ0v) is 14.0. The van der Waals surface area contributed by atoms with Gasteiger partial charge in [0.15, 0.2) is 0 Å². The first-order chi connectivity index (χ1) is 8.93. The van der Waals surface area contributed by atoms with E-state index in [0.717, 1.165) is 0 Å². The Morgan fingerprint density at radius 2 is 1.89 bits per heavy atom. The fourth-order valence-corrected chi connectivity index (χ4v) is 4.90. The van der Waals surface area contributed by atoms with Crippen molar-refractivity contribution >= 4 is 11.3 Å². The summed E-state index contributed by atoms with van der Waals surface area (Å²) in [6, 6.07) is 5.24. The zero-order chi connectivity index (χ0) is 14.1. The van der Waals surface area contributed by atoms with E-state index >= 15 is 0 Å². The molecule has 2 heteroatoms. The topological polar surface area (TPSA) is 12.0 Å². The minimum Gasteiger partial charge on any atom is -0.312 e. The minimum atomic E-state index is 0.274. The van der Waals surface area contributed by atoms with Gasteiger partial charge in [0.05, 0.1) is 0 Å². The second-order valence-corrected chi connectivity index (χ2v) is 8.21. The molecule has 1 heterocycles. The Balaban J connectivity index is 2.29. The highest BCUT2D eigenvalue weighted by atomic mass is 32.1. The second kappa shape index (κ2) is 5.57. The van der Waals surface area contributed by atoms with E-state index < -0.39 is 0 Å². The van der Waals surface area contributed by atoms with Gasteiger partial charge in [0, 0.05) is 15.8 Å². The fraction of sp³-hybridized carbons (Fsp3) is 0.765. The van der Waals surface area contributed by atoms with E-state index in [4.69, 9.17) is 0 Å². The quantitative estimate of drug-likeness (QED) is 0.791. The van der Waals surface area contributed by atoms with Crippen LogP contribution in [-0.2, 0) is 5.41 Å². The summed E-state index contributed by atoms with van der Waals surface area (Å²) >= 11 is 2.01. The van der Waals surface area contributed by atoms with E-state index in [0.29, 0.717) is 11.5 Å². The molecule has 108 valence electrons. The minimum absolute atomic E-state index is 0.274. The smallest absolute Gasteiger partial charge is 0.0469 e. The molecule has 1 N–H and O–H groups in total. The summed E-state index contributed by atoms with van der Waals surface area (Å²) in [5, 5.41) is 3.63. The molecule has 0 spiro atoms. The third-order valence-corrected chi connectivity index (χ3v) is 6.43. The van der Waals surface area contributed by atoms with Crippen molar-refractivity contribution in [3.05, 3.63) is 21.9 Å². The van der Waals surface area contributed by atoms with Crippen LogP contribution in [0.15, 0.2) is 12.1 Å². The Morgan fingerprint density at radius 3 is 2.32 bits per heavy atom. The molecule has 1 aliphatic carbocycles. The molecular formula is C17H29NS. The van der Waals surface area contributed by atoms with Crippen LogP contribution < -0.4 is 5.32 Å². The van der Waals surface area contributed by atoms with Crippen molar-refractivity contribution in [1.82, 2.24) is 5.32 Å². The zero-order valence-electron chi connectivity index (χ0n) is 13.2. The molecule has 1 atom stereocenters. The lowest BCUT2D eigenvalue weighted by Gasteiger charge is -2.36. The van der Waals surface area contributed by atoms with Crippen molar-refractivity contribution in [2.24, 2.45) is 5.41 Å². The molecule has 19 heavy (non-hydrogen) atoms. The summed E-state index contributed by atoms with van der Waals surface area (Å²) in [5.41, 5.74) is 0.769. The summed E-state index contributed by atoms with van der Waals surface area (Å²) in [7, 11) is 2.14. The Kier molecular flexibility index (Phi) is 4.42. The molecular weight excluding hydrogens is 250 g/mol. The molecule has 1 aliphatic rings. The molecule has 1 unspecified atom stereocenters. The average molecular weight is 279 g/mol. The van der Waals surface area contributed by atoms with E-state index in [1.165, 1.54) is 41.9 Å². The fourth-order valence-electron chi connectivity index (χ4n) is 3.59. The Morgan fingerprint density at radius 1 is 1.26 bits per heavy atom. The molecule has 0 aliphatic heterocycles. The maximum atomic E-state index is 3.63. The van der Waals surface area contributed by atoms with Crippen LogP contribution in [0.2, 0.25) is 0 Å². The van der Waals surface area contributed by atoms with Gasteiger partial charge >= 0.3 is 0 Å². The van der Waals surface area contributed by atoms with E-state index in [2.05, 4.69) is 52.2 Å². The molecule has 0 radical (unpaired) electrons. The monoisotopic (exact) mass is 279 g/mol. The third kappa shape index (κ3) is 2.90. The van der Waals surface area contributed by atoms with Crippen molar-refractivity contribution in [3.8, 4) is 0 Å². The van der Waals surface area contributed by atoms with E-state index in [9.17, 15) is 0 Å². The lowest BCUT2D eigenvalue weighted by Crippen LogP contribution is -2.33. The molecule has 1 aromatic rings. The van der Waals surface area contributed by atoms with Crippen LogP contribution in [0.1, 0.15) is 75.6 Å². The van der Waals surface area contributed by atoms with Crippen LogP contribution in [0.5, 0.6) is 0 Å². The van der Waals surface area contributed by atoms with E-state index in [1.54, 1.807) is 0 Å². The average Bonchev–Trinajstić information content (AvgIpc) is 2.98. The first kappa shape index (κ1) is 15.1.